The number of fused-ring (bicyclic) bond motifs is 2. The van der Waals surface area contributed by atoms with E-state index in [1.165, 1.54) is 107 Å². The van der Waals surface area contributed by atoms with Crippen molar-refractivity contribution in [1.82, 2.24) is 25.1 Å². The van der Waals surface area contributed by atoms with Gasteiger partial charge in [-0.2, -0.15) is 0 Å². The number of anilines is 3. The Hall–Kier alpha value is -4.15. The molecule has 2 aromatic heterocycles. The first-order valence-electron chi connectivity index (χ1n) is 22.3. The third-order valence-electron chi connectivity index (χ3n) is 12.6. The van der Waals surface area contributed by atoms with Gasteiger partial charge in [-0.15, -0.1) is 0 Å². The van der Waals surface area contributed by atoms with E-state index in [0.717, 1.165) is 75.4 Å². The molecule has 11 heteroatoms. The Morgan fingerprint density at radius 2 is 0.984 bits per heavy atom. The zero-order valence-corrected chi connectivity index (χ0v) is 37.4. The van der Waals surface area contributed by atoms with Crippen molar-refractivity contribution in [3.05, 3.63) is 135 Å². The van der Waals surface area contributed by atoms with Crippen LogP contribution in [-0.4, -0.2) is 84.2 Å². The van der Waals surface area contributed by atoms with E-state index in [2.05, 4.69) is 78.1 Å². The van der Waals surface area contributed by atoms with E-state index in [4.69, 9.17) is 39.8 Å². The largest absolute Gasteiger partial charge is 0.371 e. The number of pyridine rings is 2. The fourth-order valence-corrected chi connectivity index (χ4v) is 9.69. The monoisotopic (exact) mass is 876 g/mol. The summed E-state index contributed by atoms with van der Waals surface area (Å²) in [5.41, 5.74) is 5.58. The van der Waals surface area contributed by atoms with Crippen molar-refractivity contribution in [3.8, 4) is 0 Å². The quantitative estimate of drug-likeness (QED) is 0.133. The number of benzene rings is 4. The van der Waals surface area contributed by atoms with Crippen molar-refractivity contribution in [3.63, 3.8) is 0 Å². The fraction of sp³-hybridized carbons (Fsp3) is 0.400. The van der Waals surface area contributed by atoms with Crippen LogP contribution in [0.15, 0.2) is 109 Å². The van der Waals surface area contributed by atoms with Crippen molar-refractivity contribution >= 4 is 73.9 Å². The molecule has 6 aromatic rings. The van der Waals surface area contributed by atoms with Gasteiger partial charge in [-0.3, -0.25) is 0 Å². The predicted molar refractivity (Wildman–Crippen MR) is 259 cm³/mol. The summed E-state index contributed by atoms with van der Waals surface area (Å²) in [5.74, 6) is 1.70. The molecule has 0 aliphatic carbocycles. The lowest BCUT2D eigenvalue weighted by molar-refractivity contribution is 0.199. The summed E-state index contributed by atoms with van der Waals surface area (Å²) in [6.45, 7) is 11.4. The second-order valence-corrected chi connectivity index (χ2v) is 18.0. The maximum absolute atomic E-state index is 6.27. The summed E-state index contributed by atoms with van der Waals surface area (Å²) in [6.07, 6.45) is 10.9. The molecule has 320 valence electrons. The van der Waals surface area contributed by atoms with Crippen molar-refractivity contribution < 1.29 is 0 Å². The van der Waals surface area contributed by atoms with Gasteiger partial charge >= 0.3 is 0 Å². The predicted octanol–water partition coefficient (Wildman–Crippen LogP) is 11.6. The molecule has 0 unspecified atom stereocenters. The third kappa shape index (κ3) is 12.1. The van der Waals surface area contributed by atoms with Gasteiger partial charge in [0.25, 0.3) is 0 Å². The number of likely N-dealkylation sites (tertiary alicyclic amines) is 2. The number of nitrogens with zero attached hydrogens (tertiary/aromatic N) is 5. The van der Waals surface area contributed by atoms with Gasteiger partial charge in [-0.25, -0.2) is 9.97 Å². The minimum atomic E-state index is 0.679. The van der Waals surface area contributed by atoms with Crippen LogP contribution in [0.2, 0.25) is 15.1 Å². The van der Waals surface area contributed by atoms with Crippen LogP contribution in [0.1, 0.15) is 62.5 Å². The number of halogens is 3. The Bertz CT molecular complexity index is 2280. The first-order valence-corrected chi connectivity index (χ1v) is 23.4. The highest BCUT2D eigenvalue weighted by atomic mass is 35.5. The van der Waals surface area contributed by atoms with Gasteiger partial charge < -0.3 is 30.7 Å². The van der Waals surface area contributed by atoms with E-state index in [1.807, 2.05) is 66.7 Å². The number of piperidine rings is 2. The third-order valence-corrected chi connectivity index (χ3v) is 13.4. The number of nitrogens with one attached hydrogen (secondary N) is 3. The highest BCUT2D eigenvalue weighted by Gasteiger charge is 2.27. The average Bonchev–Trinajstić information content (AvgIpc) is 4.06. The van der Waals surface area contributed by atoms with Crippen LogP contribution in [0.25, 0.3) is 21.8 Å². The number of hydrogen-bond acceptors (Lipinski definition) is 8. The van der Waals surface area contributed by atoms with Gasteiger partial charge in [0.05, 0.1) is 16.1 Å². The van der Waals surface area contributed by atoms with E-state index in [9.17, 15) is 0 Å². The standard InChI is InChI=1S/C25H29ClN4.C16H12Cl2N2.C9H18N2/c26-20-9-7-19(8-10-20)18-27-25-17-24(22-5-1-2-6-23(22)28-25)30-15-11-21(12-16-30)29-13-3-4-14-29;17-12-7-5-11(6-8-12)10-19-16-9-14(18)13-3-1-2-4-15(13)20-16;1-2-8-11(7-1)9-3-5-10-6-4-9/h1-2,5-10,17,21H,3-4,11-16,18H2,(H,27,28);1-9H,10H2,(H,19,20);9-10H,1-8H2. The minimum Gasteiger partial charge on any atom is -0.371 e. The van der Waals surface area contributed by atoms with Crippen LogP contribution in [0.4, 0.5) is 17.3 Å². The van der Waals surface area contributed by atoms with Gasteiger partial charge in [-0.05, 0) is 144 Å². The van der Waals surface area contributed by atoms with E-state index in [0.29, 0.717) is 11.6 Å². The Labute approximate surface area is 377 Å². The van der Waals surface area contributed by atoms with E-state index in [-0.39, 0.29) is 0 Å². The molecular weight excluding hydrogens is 819 g/mol. The zero-order valence-electron chi connectivity index (χ0n) is 35.1. The van der Waals surface area contributed by atoms with Crippen LogP contribution in [-0.2, 0) is 13.1 Å². The Morgan fingerprint density at radius 3 is 1.52 bits per heavy atom. The first kappa shape index (κ1) is 43.5. The summed E-state index contributed by atoms with van der Waals surface area (Å²) in [7, 11) is 0. The minimum absolute atomic E-state index is 0.679. The molecule has 10 rings (SSSR count). The van der Waals surface area contributed by atoms with Crippen LogP contribution in [0.5, 0.6) is 0 Å². The summed E-state index contributed by atoms with van der Waals surface area (Å²) >= 11 is 18.1. The molecule has 0 spiro atoms. The smallest absolute Gasteiger partial charge is 0.129 e. The second-order valence-electron chi connectivity index (χ2n) is 16.7. The summed E-state index contributed by atoms with van der Waals surface area (Å²) in [6, 6.07) is 37.8. The molecule has 0 radical (unpaired) electrons. The van der Waals surface area contributed by atoms with Crippen LogP contribution in [0, 0.1) is 0 Å². The van der Waals surface area contributed by atoms with Crippen LogP contribution < -0.4 is 20.9 Å². The number of aromatic nitrogens is 2. The Morgan fingerprint density at radius 1 is 0.525 bits per heavy atom. The van der Waals surface area contributed by atoms with Crippen LogP contribution >= 0.6 is 34.8 Å². The topological polar surface area (TPSA) is 71.6 Å². The first-order chi connectivity index (χ1) is 29.9. The van der Waals surface area contributed by atoms with E-state index < -0.39 is 0 Å². The molecule has 0 amide bonds. The molecule has 0 saturated carbocycles. The molecule has 0 bridgehead atoms. The molecule has 4 aliphatic heterocycles. The molecule has 4 aliphatic rings. The van der Waals surface area contributed by atoms with Gasteiger partial charge in [0, 0.05) is 70.8 Å². The Kier molecular flexibility index (Phi) is 15.5. The fourth-order valence-electron chi connectivity index (χ4n) is 9.18. The van der Waals surface area contributed by atoms with Crippen LogP contribution in [0.3, 0.4) is 0 Å². The number of rotatable bonds is 9. The average molecular weight is 878 g/mol. The van der Waals surface area contributed by atoms with E-state index in [1.54, 1.807) is 0 Å². The molecule has 8 nitrogen and oxygen atoms in total. The van der Waals surface area contributed by atoms with Crippen molar-refractivity contribution in [2.75, 3.05) is 67.9 Å². The normalized spacial score (nSPS) is 17.8. The van der Waals surface area contributed by atoms with Gasteiger partial charge in [0.2, 0.25) is 0 Å². The SMILES string of the molecule is C1CCN(C2CCNCC2)C1.Clc1ccc(CNc2cc(Cl)c3ccccc3n2)cc1.Clc1ccc(CNc2cc(N3CCC(N4CCCC4)CC3)c3ccccc3n2)cc1. The van der Waals surface area contributed by atoms with Crippen molar-refractivity contribution in [2.24, 2.45) is 0 Å². The molecule has 3 N–H and O–H groups in total. The molecule has 0 atom stereocenters. The molecule has 4 aromatic carbocycles. The lowest BCUT2D eigenvalue weighted by Crippen LogP contribution is -2.43. The van der Waals surface area contributed by atoms with Gasteiger partial charge in [-0.1, -0.05) is 95.5 Å². The Balaban J connectivity index is 0.000000142. The number of hydrogen-bond donors (Lipinski definition) is 3. The highest BCUT2D eigenvalue weighted by Crippen LogP contribution is 2.33. The molecular formula is C50H59Cl3N8. The van der Waals surface area contributed by atoms with Gasteiger partial charge in [0.15, 0.2) is 0 Å². The summed E-state index contributed by atoms with van der Waals surface area (Å²) in [5, 5.41) is 14.6. The van der Waals surface area contributed by atoms with Gasteiger partial charge in [0.1, 0.15) is 11.6 Å². The van der Waals surface area contributed by atoms with Crippen molar-refractivity contribution in [2.45, 2.75) is 76.5 Å². The van der Waals surface area contributed by atoms with E-state index >= 15 is 0 Å². The summed E-state index contributed by atoms with van der Waals surface area (Å²) < 4.78 is 0. The highest BCUT2D eigenvalue weighted by molar-refractivity contribution is 6.35. The zero-order chi connectivity index (χ0) is 41.8. The summed E-state index contributed by atoms with van der Waals surface area (Å²) in [4.78, 5) is 17.4. The molecule has 4 saturated heterocycles. The maximum Gasteiger partial charge on any atom is 0.129 e. The maximum atomic E-state index is 6.27. The number of para-hydroxylation sites is 2. The van der Waals surface area contributed by atoms with Crippen molar-refractivity contribution in [1.29, 1.82) is 0 Å². The molecule has 6 heterocycles. The molecule has 4 fully saturated rings. The lowest BCUT2D eigenvalue weighted by Gasteiger charge is -2.38. The second kappa shape index (κ2) is 21.8. The lowest BCUT2D eigenvalue weighted by atomic mass is 10.0. The molecule has 61 heavy (non-hydrogen) atoms.